The summed E-state index contributed by atoms with van der Waals surface area (Å²) in [6.45, 7) is 2.04. The second-order valence-corrected chi connectivity index (χ2v) is 7.40. The molecular formula is C16H15N3OS2. The largest absolute Gasteiger partial charge is 0.332 e. The molecule has 112 valence electrons. The van der Waals surface area contributed by atoms with Crippen LogP contribution in [0, 0.1) is 17.6 Å². The molecule has 3 aromatic rings. The van der Waals surface area contributed by atoms with Gasteiger partial charge in [0.05, 0.1) is 16.9 Å². The summed E-state index contributed by atoms with van der Waals surface area (Å²) in [5.41, 5.74) is 0.766. The molecule has 1 saturated carbocycles. The Morgan fingerprint density at radius 3 is 2.86 bits per heavy atom. The van der Waals surface area contributed by atoms with Crippen LogP contribution in [-0.4, -0.2) is 14.5 Å². The maximum Gasteiger partial charge on any atom is 0.262 e. The summed E-state index contributed by atoms with van der Waals surface area (Å²) in [5.74, 6) is 0.458. The van der Waals surface area contributed by atoms with Crippen LogP contribution in [0.2, 0.25) is 0 Å². The number of hydrogen-bond acceptors (Lipinski definition) is 4. The van der Waals surface area contributed by atoms with Crippen LogP contribution in [0.25, 0.3) is 10.9 Å². The zero-order valence-electron chi connectivity index (χ0n) is 12.1. The Labute approximate surface area is 136 Å². The van der Waals surface area contributed by atoms with Gasteiger partial charge in [0.15, 0.2) is 4.77 Å². The van der Waals surface area contributed by atoms with E-state index in [-0.39, 0.29) is 11.6 Å². The Hall–Kier alpha value is -1.79. The normalized spacial score (nSPS) is 16.0. The molecule has 1 aromatic carbocycles. The molecule has 1 fully saturated rings. The zero-order chi connectivity index (χ0) is 15.3. The van der Waals surface area contributed by atoms with Gasteiger partial charge >= 0.3 is 0 Å². The second-order valence-electron chi connectivity index (χ2n) is 5.74. The summed E-state index contributed by atoms with van der Waals surface area (Å²) in [7, 11) is 0. The number of para-hydroxylation sites is 1. The smallest absolute Gasteiger partial charge is 0.262 e. The fourth-order valence-electron chi connectivity index (χ4n) is 2.87. The van der Waals surface area contributed by atoms with Crippen molar-refractivity contribution in [3.05, 3.63) is 55.5 Å². The van der Waals surface area contributed by atoms with Crippen molar-refractivity contribution in [3.63, 3.8) is 0 Å². The molecule has 6 heteroatoms. The van der Waals surface area contributed by atoms with E-state index in [2.05, 4.69) is 9.97 Å². The number of aryl methyl sites for hydroxylation is 1. The van der Waals surface area contributed by atoms with Crippen molar-refractivity contribution in [2.24, 2.45) is 5.92 Å². The highest BCUT2D eigenvalue weighted by Crippen LogP contribution is 2.44. The van der Waals surface area contributed by atoms with Gasteiger partial charge in [-0.25, -0.2) is 4.98 Å². The molecular weight excluding hydrogens is 314 g/mol. The van der Waals surface area contributed by atoms with Gasteiger partial charge in [0, 0.05) is 11.1 Å². The molecule has 1 aliphatic rings. The third kappa shape index (κ3) is 2.23. The number of aromatic amines is 1. The van der Waals surface area contributed by atoms with Crippen molar-refractivity contribution in [1.82, 2.24) is 14.5 Å². The molecule has 0 bridgehead atoms. The molecule has 4 rings (SSSR count). The topological polar surface area (TPSA) is 50.7 Å². The first-order valence-corrected chi connectivity index (χ1v) is 8.53. The third-order valence-electron chi connectivity index (χ3n) is 4.08. The summed E-state index contributed by atoms with van der Waals surface area (Å²) in [6.07, 6.45) is 4.11. The fraction of sp³-hybridized carbons (Fsp3) is 0.312. The lowest BCUT2D eigenvalue weighted by molar-refractivity contribution is 0.493. The lowest BCUT2D eigenvalue weighted by atomic mass is 10.1. The predicted molar refractivity (Wildman–Crippen MR) is 91.1 cm³/mol. The van der Waals surface area contributed by atoms with Gasteiger partial charge in [0.1, 0.15) is 5.01 Å². The van der Waals surface area contributed by atoms with Gasteiger partial charge in [0.25, 0.3) is 5.56 Å². The first-order valence-electron chi connectivity index (χ1n) is 7.31. The Bertz CT molecular complexity index is 965. The minimum absolute atomic E-state index is 0.0240. The van der Waals surface area contributed by atoms with Crippen LogP contribution in [0.3, 0.4) is 0 Å². The lowest BCUT2D eigenvalue weighted by Gasteiger charge is -2.18. The Morgan fingerprint density at radius 2 is 2.18 bits per heavy atom. The molecule has 4 nitrogen and oxygen atoms in total. The summed E-state index contributed by atoms with van der Waals surface area (Å²) >= 11 is 7.13. The van der Waals surface area contributed by atoms with E-state index in [1.165, 1.54) is 0 Å². The van der Waals surface area contributed by atoms with Crippen LogP contribution in [-0.2, 0) is 0 Å². The quantitative estimate of drug-likeness (QED) is 0.743. The van der Waals surface area contributed by atoms with E-state index in [1.807, 2.05) is 37.4 Å². The van der Waals surface area contributed by atoms with E-state index in [4.69, 9.17) is 12.2 Å². The number of nitrogens with zero attached hydrogens (tertiary/aromatic N) is 2. The van der Waals surface area contributed by atoms with Gasteiger partial charge in [0.2, 0.25) is 0 Å². The van der Waals surface area contributed by atoms with Crippen molar-refractivity contribution in [2.45, 2.75) is 25.8 Å². The Balaban J connectivity index is 1.99. The van der Waals surface area contributed by atoms with Gasteiger partial charge < -0.3 is 4.98 Å². The van der Waals surface area contributed by atoms with E-state index >= 15 is 0 Å². The van der Waals surface area contributed by atoms with Crippen LogP contribution < -0.4 is 5.56 Å². The van der Waals surface area contributed by atoms with E-state index in [0.717, 1.165) is 28.2 Å². The highest BCUT2D eigenvalue weighted by molar-refractivity contribution is 7.71. The van der Waals surface area contributed by atoms with Crippen molar-refractivity contribution >= 4 is 34.5 Å². The third-order valence-corrected chi connectivity index (χ3v) is 5.36. The van der Waals surface area contributed by atoms with Crippen LogP contribution in [0.15, 0.2) is 35.3 Å². The molecule has 0 radical (unpaired) electrons. The summed E-state index contributed by atoms with van der Waals surface area (Å²) in [6, 6.07) is 7.47. The van der Waals surface area contributed by atoms with Crippen molar-refractivity contribution in [2.75, 3.05) is 0 Å². The molecule has 22 heavy (non-hydrogen) atoms. The predicted octanol–water partition coefficient (Wildman–Crippen LogP) is 3.82. The first-order chi connectivity index (χ1) is 10.6. The van der Waals surface area contributed by atoms with Crippen molar-refractivity contribution in [3.8, 4) is 0 Å². The average molecular weight is 329 g/mol. The molecule has 0 spiro atoms. The van der Waals surface area contributed by atoms with Gasteiger partial charge in [-0.3, -0.25) is 9.36 Å². The highest BCUT2D eigenvalue weighted by atomic mass is 32.1. The number of thiazole rings is 1. The summed E-state index contributed by atoms with van der Waals surface area (Å²) in [5, 5.41) is 1.66. The van der Waals surface area contributed by atoms with Crippen LogP contribution in [0.1, 0.15) is 28.8 Å². The Morgan fingerprint density at radius 1 is 1.41 bits per heavy atom. The standard InChI is InChI=1S/C16H15N3OS2/c1-9-8-17-14(22-9)13(10-6-7-10)19-15(20)11-4-2-3-5-12(11)18-16(19)21/h2-5,8,10,13H,6-7H2,1H3,(H,18,21). The maximum atomic E-state index is 13.0. The highest BCUT2D eigenvalue weighted by Gasteiger charge is 2.36. The molecule has 0 saturated heterocycles. The monoisotopic (exact) mass is 329 g/mol. The van der Waals surface area contributed by atoms with Gasteiger partial charge in [-0.15, -0.1) is 11.3 Å². The number of fused-ring (bicyclic) bond motifs is 1. The molecule has 0 amide bonds. The van der Waals surface area contributed by atoms with Gasteiger partial charge in [-0.2, -0.15) is 0 Å². The van der Waals surface area contributed by atoms with E-state index in [0.29, 0.717) is 16.1 Å². The van der Waals surface area contributed by atoms with Gasteiger partial charge in [-0.1, -0.05) is 12.1 Å². The molecule has 1 atom stereocenters. The molecule has 1 N–H and O–H groups in total. The molecule has 1 aliphatic carbocycles. The van der Waals surface area contributed by atoms with E-state index < -0.39 is 0 Å². The number of benzene rings is 1. The number of rotatable bonds is 3. The number of nitrogens with one attached hydrogen (secondary N) is 1. The molecule has 1 unspecified atom stereocenters. The van der Waals surface area contributed by atoms with E-state index in [1.54, 1.807) is 15.9 Å². The molecule has 0 aliphatic heterocycles. The minimum Gasteiger partial charge on any atom is -0.332 e. The summed E-state index contributed by atoms with van der Waals surface area (Å²) < 4.78 is 2.21. The van der Waals surface area contributed by atoms with E-state index in [9.17, 15) is 4.79 Å². The number of H-pyrrole nitrogens is 1. The molecule has 2 aromatic heterocycles. The van der Waals surface area contributed by atoms with Crippen molar-refractivity contribution < 1.29 is 0 Å². The maximum absolute atomic E-state index is 13.0. The van der Waals surface area contributed by atoms with Crippen molar-refractivity contribution in [1.29, 1.82) is 0 Å². The molecule has 2 heterocycles. The summed E-state index contributed by atoms with van der Waals surface area (Å²) in [4.78, 5) is 21.8. The van der Waals surface area contributed by atoms with Crippen LogP contribution in [0.5, 0.6) is 0 Å². The number of aromatic nitrogens is 3. The first kappa shape index (κ1) is 13.8. The second kappa shape index (κ2) is 5.14. The zero-order valence-corrected chi connectivity index (χ0v) is 13.7. The van der Waals surface area contributed by atoms with Gasteiger partial charge in [-0.05, 0) is 50.0 Å². The lowest BCUT2D eigenvalue weighted by Crippen LogP contribution is -2.28. The number of hydrogen-bond donors (Lipinski definition) is 1. The van der Waals surface area contributed by atoms with Crippen LogP contribution in [0.4, 0.5) is 0 Å². The minimum atomic E-state index is -0.0421. The SMILES string of the molecule is Cc1cnc(C(C2CC2)n2c(=S)[nH]c3ccccc3c2=O)s1. The fourth-order valence-corrected chi connectivity index (χ4v) is 4.14. The van der Waals surface area contributed by atoms with Crippen LogP contribution >= 0.6 is 23.6 Å². The Kier molecular flexibility index (Phi) is 3.23. The average Bonchev–Trinajstić information content (AvgIpc) is 3.25.